The molecular weight excluding hydrogens is 218 g/mol. The van der Waals surface area contributed by atoms with Gasteiger partial charge in [0.1, 0.15) is 0 Å². The van der Waals surface area contributed by atoms with Crippen LogP contribution >= 0.6 is 0 Å². The average Bonchev–Trinajstić information content (AvgIpc) is 2.61. The zero-order valence-corrected chi connectivity index (χ0v) is 8.08. The maximum absolute atomic E-state index is 11.0. The number of amides is 3. The molecule has 0 saturated heterocycles. The van der Waals surface area contributed by atoms with Crippen molar-refractivity contribution in [3.63, 3.8) is 0 Å². The standard InChI is InChI=1S/C7H9N5O4/c8-7(16)9-5(13)1-2-12-3-4(6(14)15)10-11-12/h3H,1-2H2,(H,14,15)(H3,8,9,13,16). The van der Waals surface area contributed by atoms with Crippen molar-refractivity contribution in [2.24, 2.45) is 5.73 Å². The first kappa shape index (κ1) is 11.6. The average molecular weight is 227 g/mol. The van der Waals surface area contributed by atoms with Gasteiger partial charge in [0.05, 0.1) is 12.7 Å². The fourth-order valence-electron chi connectivity index (χ4n) is 0.922. The Kier molecular flexibility index (Phi) is 3.53. The molecule has 0 radical (unpaired) electrons. The highest BCUT2D eigenvalue weighted by atomic mass is 16.4. The molecule has 9 heteroatoms. The molecule has 0 aliphatic carbocycles. The van der Waals surface area contributed by atoms with E-state index >= 15 is 0 Å². The van der Waals surface area contributed by atoms with Gasteiger partial charge in [-0.15, -0.1) is 5.10 Å². The zero-order chi connectivity index (χ0) is 12.1. The summed E-state index contributed by atoms with van der Waals surface area (Å²) in [6.07, 6.45) is 1.13. The molecule has 3 amide bonds. The molecule has 0 fully saturated rings. The van der Waals surface area contributed by atoms with Crippen LogP contribution in [0.5, 0.6) is 0 Å². The topological polar surface area (TPSA) is 140 Å². The minimum atomic E-state index is -1.20. The number of carbonyl (C=O) groups excluding carboxylic acids is 2. The molecule has 1 rings (SSSR count). The summed E-state index contributed by atoms with van der Waals surface area (Å²) in [5.74, 6) is -1.77. The van der Waals surface area contributed by atoms with Crippen LogP contribution in [0.25, 0.3) is 0 Å². The predicted octanol–water partition coefficient (Wildman–Crippen LogP) is -1.44. The summed E-state index contributed by atoms with van der Waals surface area (Å²) in [4.78, 5) is 31.7. The molecule has 0 aliphatic rings. The van der Waals surface area contributed by atoms with E-state index in [0.29, 0.717) is 0 Å². The third-order valence-electron chi connectivity index (χ3n) is 1.59. The van der Waals surface area contributed by atoms with E-state index in [0.717, 1.165) is 0 Å². The minimum Gasteiger partial charge on any atom is -0.476 e. The monoisotopic (exact) mass is 227 g/mol. The predicted molar refractivity (Wildman–Crippen MR) is 49.3 cm³/mol. The van der Waals surface area contributed by atoms with Crippen LogP contribution in [-0.2, 0) is 11.3 Å². The van der Waals surface area contributed by atoms with Crippen molar-refractivity contribution >= 4 is 17.9 Å². The maximum atomic E-state index is 11.0. The lowest BCUT2D eigenvalue weighted by Gasteiger charge is -1.99. The molecule has 4 N–H and O–H groups in total. The van der Waals surface area contributed by atoms with Crippen LogP contribution in [0.15, 0.2) is 6.20 Å². The van der Waals surface area contributed by atoms with E-state index in [1.807, 2.05) is 5.32 Å². The van der Waals surface area contributed by atoms with Gasteiger partial charge in [0.25, 0.3) is 0 Å². The molecule has 0 aromatic carbocycles. The molecule has 0 aliphatic heterocycles. The van der Waals surface area contributed by atoms with Gasteiger partial charge in [-0.3, -0.25) is 14.8 Å². The highest BCUT2D eigenvalue weighted by molar-refractivity contribution is 5.93. The smallest absolute Gasteiger partial charge is 0.358 e. The number of hydrogen-bond donors (Lipinski definition) is 3. The lowest BCUT2D eigenvalue weighted by molar-refractivity contribution is -0.120. The second-order valence-electron chi connectivity index (χ2n) is 2.83. The lowest BCUT2D eigenvalue weighted by Crippen LogP contribution is -2.35. The first-order valence-electron chi connectivity index (χ1n) is 4.21. The van der Waals surface area contributed by atoms with Gasteiger partial charge in [-0.25, -0.2) is 9.59 Å². The number of primary amides is 1. The number of urea groups is 1. The number of carboxylic acid groups (broad SMARTS) is 1. The second kappa shape index (κ2) is 4.87. The van der Waals surface area contributed by atoms with Gasteiger partial charge in [-0.2, -0.15) is 0 Å². The Hall–Kier alpha value is -2.45. The fraction of sp³-hybridized carbons (Fsp3) is 0.286. The second-order valence-corrected chi connectivity index (χ2v) is 2.83. The minimum absolute atomic E-state index is 0.0502. The van der Waals surface area contributed by atoms with Crippen LogP contribution in [-0.4, -0.2) is 38.0 Å². The molecule has 0 bridgehead atoms. The lowest BCUT2D eigenvalue weighted by atomic mass is 10.4. The van der Waals surface area contributed by atoms with Gasteiger partial charge in [-0.1, -0.05) is 5.21 Å². The number of aromatic nitrogens is 3. The first-order valence-corrected chi connectivity index (χ1v) is 4.21. The molecule has 16 heavy (non-hydrogen) atoms. The molecule has 1 heterocycles. The van der Waals surface area contributed by atoms with E-state index < -0.39 is 17.9 Å². The fourth-order valence-corrected chi connectivity index (χ4v) is 0.922. The van der Waals surface area contributed by atoms with Crippen molar-refractivity contribution in [1.29, 1.82) is 0 Å². The van der Waals surface area contributed by atoms with Crippen molar-refractivity contribution < 1.29 is 19.5 Å². The van der Waals surface area contributed by atoms with E-state index in [2.05, 4.69) is 10.3 Å². The molecule has 0 saturated carbocycles. The Labute approximate surface area is 89.2 Å². The molecule has 0 atom stereocenters. The Balaban J connectivity index is 2.45. The number of rotatable bonds is 4. The molecule has 0 spiro atoms. The van der Waals surface area contributed by atoms with Gasteiger partial charge >= 0.3 is 12.0 Å². The summed E-state index contributed by atoms with van der Waals surface area (Å²) in [6.45, 7) is 0.111. The normalized spacial score (nSPS) is 9.75. The number of aromatic carboxylic acids is 1. The Morgan fingerprint density at radius 1 is 1.50 bits per heavy atom. The van der Waals surface area contributed by atoms with Crippen LogP contribution in [0.1, 0.15) is 16.9 Å². The number of nitrogens with zero attached hydrogens (tertiary/aromatic N) is 3. The molecule has 86 valence electrons. The number of carbonyl (C=O) groups is 3. The number of aryl methyl sites for hydroxylation is 1. The van der Waals surface area contributed by atoms with Crippen LogP contribution in [0, 0.1) is 0 Å². The van der Waals surface area contributed by atoms with Crippen LogP contribution in [0.4, 0.5) is 4.79 Å². The quantitative estimate of drug-likeness (QED) is 0.575. The Morgan fingerprint density at radius 3 is 2.69 bits per heavy atom. The summed E-state index contributed by atoms with van der Waals surface area (Å²) in [6, 6.07) is -0.935. The summed E-state index contributed by atoms with van der Waals surface area (Å²) in [5, 5.41) is 17.2. The molecule has 0 unspecified atom stereocenters. The van der Waals surface area contributed by atoms with Gasteiger partial charge in [0.15, 0.2) is 5.69 Å². The summed E-state index contributed by atoms with van der Waals surface area (Å²) in [5.41, 5.74) is 4.51. The van der Waals surface area contributed by atoms with Gasteiger partial charge in [0.2, 0.25) is 5.91 Å². The molecule has 1 aromatic heterocycles. The largest absolute Gasteiger partial charge is 0.476 e. The molecule has 1 aromatic rings. The highest BCUT2D eigenvalue weighted by Gasteiger charge is 2.09. The summed E-state index contributed by atoms with van der Waals surface area (Å²) < 4.78 is 1.18. The van der Waals surface area contributed by atoms with Crippen molar-refractivity contribution in [3.05, 3.63) is 11.9 Å². The SMILES string of the molecule is NC(=O)NC(=O)CCn1cc(C(=O)O)nn1. The van der Waals surface area contributed by atoms with Crippen LogP contribution in [0.3, 0.4) is 0 Å². The van der Waals surface area contributed by atoms with Crippen molar-refractivity contribution in [3.8, 4) is 0 Å². The summed E-state index contributed by atoms with van der Waals surface area (Å²) in [7, 11) is 0. The highest BCUT2D eigenvalue weighted by Crippen LogP contribution is 1.94. The Bertz CT molecular complexity index is 426. The molecular formula is C7H9N5O4. The summed E-state index contributed by atoms with van der Waals surface area (Å²) >= 11 is 0. The van der Waals surface area contributed by atoms with Crippen molar-refractivity contribution in [1.82, 2.24) is 20.3 Å². The van der Waals surface area contributed by atoms with E-state index in [1.54, 1.807) is 0 Å². The van der Waals surface area contributed by atoms with E-state index in [1.165, 1.54) is 10.9 Å². The number of carboxylic acids is 1. The number of hydrogen-bond acceptors (Lipinski definition) is 5. The van der Waals surface area contributed by atoms with Crippen LogP contribution < -0.4 is 11.1 Å². The van der Waals surface area contributed by atoms with Gasteiger partial charge in [0, 0.05) is 6.42 Å². The number of nitrogens with two attached hydrogens (primary N) is 1. The zero-order valence-electron chi connectivity index (χ0n) is 8.08. The first-order chi connectivity index (χ1) is 7.49. The van der Waals surface area contributed by atoms with Gasteiger partial charge < -0.3 is 10.8 Å². The Morgan fingerprint density at radius 2 is 2.19 bits per heavy atom. The van der Waals surface area contributed by atoms with Crippen LogP contribution in [0.2, 0.25) is 0 Å². The molecule has 9 nitrogen and oxygen atoms in total. The van der Waals surface area contributed by atoms with Crippen molar-refractivity contribution in [2.45, 2.75) is 13.0 Å². The number of nitrogens with one attached hydrogen (secondary N) is 1. The van der Waals surface area contributed by atoms with Gasteiger partial charge in [-0.05, 0) is 0 Å². The third-order valence-corrected chi connectivity index (χ3v) is 1.59. The third kappa shape index (κ3) is 3.36. The van der Waals surface area contributed by atoms with E-state index in [-0.39, 0.29) is 18.7 Å². The van der Waals surface area contributed by atoms with E-state index in [9.17, 15) is 14.4 Å². The van der Waals surface area contributed by atoms with Crippen molar-refractivity contribution in [2.75, 3.05) is 0 Å². The van der Waals surface area contributed by atoms with E-state index in [4.69, 9.17) is 10.8 Å². The maximum Gasteiger partial charge on any atom is 0.358 e. The number of imide groups is 1.